The third-order valence-corrected chi connectivity index (χ3v) is 6.50. The Morgan fingerprint density at radius 2 is 2.16 bits per heavy atom. The molecule has 0 aromatic rings. The van der Waals surface area contributed by atoms with Crippen LogP contribution in [-0.4, -0.2) is 55.0 Å². The minimum atomic E-state index is -2.93. The van der Waals surface area contributed by atoms with E-state index in [2.05, 4.69) is 4.90 Å². The van der Waals surface area contributed by atoms with E-state index < -0.39 is 21.2 Å². The topological polar surface area (TPSA) is 74.7 Å². The molecule has 19 heavy (non-hydrogen) atoms. The van der Waals surface area contributed by atoms with E-state index >= 15 is 0 Å². The molecular weight excluding hydrogens is 266 g/mol. The number of sulfone groups is 1. The lowest BCUT2D eigenvalue weighted by atomic mass is 9.77. The first-order valence-electron chi connectivity index (χ1n) is 7.06. The Morgan fingerprint density at radius 3 is 2.74 bits per heavy atom. The van der Waals surface area contributed by atoms with Crippen molar-refractivity contribution >= 4 is 15.8 Å². The summed E-state index contributed by atoms with van der Waals surface area (Å²) in [5, 5.41) is 9.46. The molecule has 6 heteroatoms. The molecule has 110 valence electrons. The minimum absolute atomic E-state index is 0.0179. The van der Waals surface area contributed by atoms with Crippen molar-refractivity contribution in [2.24, 2.45) is 5.41 Å². The van der Waals surface area contributed by atoms with Crippen LogP contribution < -0.4 is 0 Å². The third-order valence-electron chi connectivity index (χ3n) is 4.69. The molecule has 0 aromatic carbocycles. The summed E-state index contributed by atoms with van der Waals surface area (Å²) in [6, 6.07) is 0.0179. The van der Waals surface area contributed by atoms with E-state index in [1.54, 1.807) is 0 Å². The summed E-state index contributed by atoms with van der Waals surface area (Å²) in [5.41, 5.74) is -0.681. The molecular formula is C13H23NO4S. The van der Waals surface area contributed by atoms with Gasteiger partial charge in [0.15, 0.2) is 9.84 Å². The van der Waals surface area contributed by atoms with Crippen LogP contribution in [0.15, 0.2) is 0 Å². The smallest absolute Gasteiger partial charge is 0.310 e. The van der Waals surface area contributed by atoms with Gasteiger partial charge in [0, 0.05) is 12.6 Å². The second-order valence-electron chi connectivity index (χ2n) is 5.92. The number of hydrogen-bond acceptors (Lipinski definition) is 4. The van der Waals surface area contributed by atoms with E-state index in [0.717, 1.165) is 19.4 Å². The van der Waals surface area contributed by atoms with Crippen LogP contribution in [0, 0.1) is 5.41 Å². The van der Waals surface area contributed by atoms with Crippen LogP contribution in [0.4, 0.5) is 0 Å². The Hall–Kier alpha value is -0.620. The van der Waals surface area contributed by atoms with Gasteiger partial charge in [0.1, 0.15) is 0 Å². The van der Waals surface area contributed by atoms with Crippen LogP contribution in [-0.2, 0) is 14.6 Å². The number of piperidine rings is 1. The molecule has 2 fully saturated rings. The first-order valence-corrected chi connectivity index (χ1v) is 8.88. The summed E-state index contributed by atoms with van der Waals surface area (Å²) in [4.78, 5) is 13.6. The number of carbonyl (C=O) groups is 1. The maximum Gasteiger partial charge on any atom is 0.310 e. The average Bonchev–Trinajstić information content (AvgIpc) is 2.37. The number of carboxylic acid groups (broad SMARTS) is 1. The normalized spacial score (nSPS) is 35.9. The highest BCUT2D eigenvalue weighted by atomic mass is 32.2. The summed E-state index contributed by atoms with van der Waals surface area (Å²) in [6.07, 6.45) is 3.73. The molecule has 0 saturated carbocycles. The van der Waals surface area contributed by atoms with Crippen molar-refractivity contribution in [3.05, 3.63) is 0 Å². The number of likely N-dealkylation sites (tertiary alicyclic amines) is 1. The Labute approximate surface area is 114 Å². The maximum atomic E-state index is 11.7. The number of nitrogens with zero attached hydrogens (tertiary/aromatic N) is 1. The van der Waals surface area contributed by atoms with Gasteiger partial charge in [0.25, 0.3) is 0 Å². The zero-order valence-electron chi connectivity index (χ0n) is 11.5. The fourth-order valence-electron chi connectivity index (χ4n) is 3.38. The van der Waals surface area contributed by atoms with E-state index in [9.17, 15) is 18.3 Å². The molecule has 0 spiro atoms. The van der Waals surface area contributed by atoms with Crippen LogP contribution in [0.3, 0.4) is 0 Å². The minimum Gasteiger partial charge on any atom is -0.481 e. The van der Waals surface area contributed by atoms with E-state index in [0.29, 0.717) is 25.8 Å². The second kappa shape index (κ2) is 5.40. The molecule has 2 aliphatic heterocycles. The highest BCUT2D eigenvalue weighted by Gasteiger charge is 2.43. The van der Waals surface area contributed by atoms with Crippen molar-refractivity contribution < 1.29 is 18.3 Å². The fraction of sp³-hybridized carbons (Fsp3) is 0.923. The standard InChI is InChI=1S/C13H23NO4S/c1-2-13(12(15)16)6-4-7-14(10-13)11-5-3-8-19(17,18)9-11/h11H,2-10H2,1H3,(H,15,16). The van der Waals surface area contributed by atoms with E-state index in [1.807, 2.05) is 6.92 Å². The third kappa shape index (κ3) is 3.11. The Balaban J connectivity index is 2.11. The molecule has 2 aliphatic rings. The predicted molar refractivity (Wildman–Crippen MR) is 72.8 cm³/mol. The number of rotatable bonds is 3. The lowest BCUT2D eigenvalue weighted by molar-refractivity contribution is -0.153. The van der Waals surface area contributed by atoms with Crippen molar-refractivity contribution in [1.29, 1.82) is 0 Å². The molecule has 5 nitrogen and oxygen atoms in total. The van der Waals surface area contributed by atoms with Gasteiger partial charge in [-0.05, 0) is 38.6 Å². The van der Waals surface area contributed by atoms with Gasteiger partial charge in [-0.25, -0.2) is 8.42 Å². The summed E-state index contributed by atoms with van der Waals surface area (Å²) < 4.78 is 23.5. The maximum absolute atomic E-state index is 11.7. The van der Waals surface area contributed by atoms with E-state index in [-0.39, 0.29) is 17.5 Å². The highest BCUT2D eigenvalue weighted by Crippen LogP contribution is 2.35. The SMILES string of the molecule is CCC1(C(=O)O)CCCN(C2CCCS(=O)(=O)C2)C1. The molecule has 0 aromatic heterocycles. The lowest BCUT2D eigenvalue weighted by Crippen LogP contribution is -2.53. The Morgan fingerprint density at radius 1 is 1.42 bits per heavy atom. The van der Waals surface area contributed by atoms with Crippen LogP contribution in [0.5, 0.6) is 0 Å². The zero-order valence-corrected chi connectivity index (χ0v) is 12.3. The van der Waals surface area contributed by atoms with Gasteiger partial charge in [-0.3, -0.25) is 9.69 Å². The Kier molecular flexibility index (Phi) is 4.20. The van der Waals surface area contributed by atoms with Gasteiger partial charge in [0.05, 0.1) is 16.9 Å². The fourth-order valence-corrected chi connectivity index (χ4v) is 5.12. The number of carboxylic acids is 1. The van der Waals surface area contributed by atoms with Gasteiger partial charge in [-0.15, -0.1) is 0 Å². The molecule has 0 bridgehead atoms. The summed E-state index contributed by atoms with van der Waals surface area (Å²) >= 11 is 0. The van der Waals surface area contributed by atoms with Gasteiger partial charge in [-0.1, -0.05) is 6.92 Å². The van der Waals surface area contributed by atoms with Crippen LogP contribution in [0.1, 0.15) is 39.0 Å². The van der Waals surface area contributed by atoms with Crippen LogP contribution in [0.2, 0.25) is 0 Å². The van der Waals surface area contributed by atoms with Crippen LogP contribution >= 0.6 is 0 Å². The molecule has 0 amide bonds. The van der Waals surface area contributed by atoms with Crippen molar-refractivity contribution in [2.75, 3.05) is 24.6 Å². The molecule has 2 atom stereocenters. The van der Waals surface area contributed by atoms with Gasteiger partial charge in [-0.2, -0.15) is 0 Å². The molecule has 2 heterocycles. The largest absolute Gasteiger partial charge is 0.481 e. The van der Waals surface area contributed by atoms with Crippen molar-refractivity contribution in [3.63, 3.8) is 0 Å². The van der Waals surface area contributed by atoms with Crippen molar-refractivity contribution in [2.45, 2.75) is 45.1 Å². The van der Waals surface area contributed by atoms with Crippen LogP contribution in [0.25, 0.3) is 0 Å². The quantitative estimate of drug-likeness (QED) is 0.843. The molecule has 2 unspecified atom stereocenters. The Bertz CT molecular complexity index is 448. The molecule has 2 rings (SSSR count). The summed E-state index contributed by atoms with van der Waals surface area (Å²) in [6.45, 7) is 3.24. The summed E-state index contributed by atoms with van der Waals surface area (Å²) in [7, 11) is -2.93. The molecule has 0 radical (unpaired) electrons. The first-order chi connectivity index (χ1) is 8.88. The molecule has 2 saturated heterocycles. The average molecular weight is 289 g/mol. The number of hydrogen-bond donors (Lipinski definition) is 1. The van der Waals surface area contributed by atoms with Gasteiger partial charge >= 0.3 is 5.97 Å². The highest BCUT2D eigenvalue weighted by molar-refractivity contribution is 7.91. The summed E-state index contributed by atoms with van der Waals surface area (Å²) in [5.74, 6) is -0.250. The van der Waals surface area contributed by atoms with E-state index in [4.69, 9.17) is 0 Å². The number of aliphatic carboxylic acids is 1. The second-order valence-corrected chi connectivity index (χ2v) is 8.15. The predicted octanol–water partition coefficient (Wildman–Crippen LogP) is 1.14. The van der Waals surface area contributed by atoms with Crippen molar-refractivity contribution in [3.8, 4) is 0 Å². The van der Waals surface area contributed by atoms with Gasteiger partial charge < -0.3 is 5.11 Å². The molecule has 0 aliphatic carbocycles. The van der Waals surface area contributed by atoms with Crippen molar-refractivity contribution in [1.82, 2.24) is 4.90 Å². The monoisotopic (exact) mass is 289 g/mol. The molecule has 1 N–H and O–H groups in total. The van der Waals surface area contributed by atoms with Gasteiger partial charge in [0.2, 0.25) is 0 Å². The van der Waals surface area contributed by atoms with E-state index in [1.165, 1.54) is 0 Å². The first kappa shape index (κ1) is 14.8. The zero-order chi connectivity index (χ0) is 14.1. The lowest BCUT2D eigenvalue weighted by Gasteiger charge is -2.44.